The summed E-state index contributed by atoms with van der Waals surface area (Å²) in [6, 6.07) is 5.96. The second kappa shape index (κ2) is 3.46. The number of aliphatic carboxylic acids is 1. The van der Waals surface area contributed by atoms with Crippen molar-refractivity contribution < 1.29 is 18.7 Å². The number of benzene rings is 1. The molecule has 0 bridgehead atoms. The third-order valence-corrected chi connectivity index (χ3v) is 1.79. The Labute approximate surface area is 84.1 Å². The van der Waals surface area contributed by atoms with Gasteiger partial charge in [-0.2, -0.15) is 0 Å². The number of carbonyl (C=O) groups is 1. The van der Waals surface area contributed by atoms with E-state index in [4.69, 9.17) is 9.52 Å². The fourth-order valence-corrected chi connectivity index (χ4v) is 1.20. The molecule has 2 rings (SSSR count). The highest BCUT2D eigenvalue weighted by atomic mass is 19.1. The summed E-state index contributed by atoms with van der Waals surface area (Å²) in [4.78, 5) is 10.2. The summed E-state index contributed by atoms with van der Waals surface area (Å²) in [7, 11) is 0. The molecule has 0 aliphatic rings. The van der Waals surface area contributed by atoms with Gasteiger partial charge in [-0.15, -0.1) is 0 Å². The fraction of sp³-hybridized carbons (Fsp3) is 0. The van der Waals surface area contributed by atoms with E-state index in [-0.39, 0.29) is 11.3 Å². The minimum absolute atomic E-state index is 0.0900. The summed E-state index contributed by atoms with van der Waals surface area (Å²) < 4.78 is 18.2. The van der Waals surface area contributed by atoms with Crippen LogP contribution in [-0.2, 0) is 4.79 Å². The first-order chi connectivity index (χ1) is 7.16. The van der Waals surface area contributed by atoms with Gasteiger partial charge in [-0.25, -0.2) is 9.18 Å². The van der Waals surface area contributed by atoms with Crippen LogP contribution in [0.1, 0.15) is 5.76 Å². The lowest BCUT2D eigenvalue weighted by atomic mass is 10.2. The zero-order chi connectivity index (χ0) is 10.8. The molecule has 3 nitrogen and oxygen atoms in total. The highest BCUT2D eigenvalue weighted by molar-refractivity contribution is 5.87. The van der Waals surface area contributed by atoms with Gasteiger partial charge in [0.05, 0.1) is 0 Å². The van der Waals surface area contributed by atoms with Crippen molar-refractivity contribution in [2.75, 3.05) is 0 Å². The molecule has 0 spiro atoms. The Morgan fingerprint density at radius 3 is 2.93 bits per heavy atom. The number of carboxylic acid groups (broad SMARTS) is 1. The minimum Gasteiger partial charge on any atom is -0.472 e. The van der Waals surface area contributed by atoms with E-state index in [0.29, 0.717) is 5.39 Å². The van der Waals surface area contributed by atoms with Gasteiger partial charge in [0.2, 0.25) is 0 Å². The number of furan rings is 1. The summed E-state index contributed by atoms with van der Waals surface area (Å²) in [6.45, 7) is 0. The Kier molecular flexibility index (Phi) is 2.14. The molecule has 0 saturated carbocycles. The molecule has 0 amide bonds. The molecule has 0 unspecified atom stereocenters. The monoisotopic (exact) mass is 204 g/mol. The topological polar surface area (TPSA) is 50.4 Å². The molecule has 1 N–H and O–H groups in total. The van der Waals surface area contributed by atoms with E-state index in [1.54, 1.807) is 12.1 Å². The largest absolute Gasteiger partial charge is 0.472 e. The van der Waals surface area contributed by atoms with Crippen molar-refractivity contribution in [3.63, 3.8) is 0 Å². The Bertz CT molecular complexity index is 587. The molecule has 0 saturated heterocycles. The quantitative estimate of drug-likeness (QED) is 0.668. The molecule has 0 radical (unpaired) electrons. The summed E-state index contributed by atoms with van der Waals surface area (Å²) >= 11 is 0. The Balaban J connectivity index is 2.54. The summed E-state index contributed by atoms with van der Waals surface area (Å²) in [5.74, 6) is 2.56. The van der Waals surface area contributed by atoms with Crippen LogP contribution in [0.4, 0.5) is 4.39 Å². The first kappa shape index (κ1) is 9.28. The number of para-hydroxylation sites is 1. The molecule has 0 aliphatic heterocycles. The van der Waals surface area contributed by atoms with Gasteiger partial charge in [0.25, 0.3) is 0 Å². The summed E-state index contributed by atoms with van der Waals surface area (Å²) in [5, 5.41) is 8.87. The first-order valence-corrected chi connectivity index (χ1v) is 4.10. The van der Waals surface area contributed by atoms with Crippen molar-refractivity contribution in [3.8, 4) is 11.8 Å². The van der Waals surface area contributed by atoms with Crippen molar-refractivity contribution in [2.45, 2.75) is 0 Å². The Morgan fingerprint density at radius 1 is 1.47 bits per heavy atom. The van der Waals surface area contributed by atoms with Gasteiger partial charge in [-0.3, -0.25) is 0 Å². The molecule has 0 fully saturated rings. The predicted molar refractivity (Wildman–Crippen MR) is 50.7 cm³/mol. The maximum atomic E-state index is 13.1. The average Bonchev–Trinajstić information content (AvgIpc) is 2.59. The van der Waals surface area contributed by atoms with Crippen LogP contribution in [0.5, 0.6) is 0 Å². The second-order valence-electron chi connectivity index (χ2n) is 2.82. The van der Waals surface area contributed by atoms with Crippen molar-refractivity contribution >= 4 is 16.9 Å². The van der Waals surface area contributed by atoms with E-state index >= 15 is 0 Å². The number of rotatable bonds is 0. The van der Waals surface area contributed by atoms with E-state index in [9.17, 15) is 9.18 Å². The SMILES string of the molecule is O=C(O)C#Cc1cc2cccc(F)c2o1. The first-order valence-electron chi connectivity index (χ1n) is 4.10. The van der Waals surface area contributed by atoms with Gasteiger partial charge >= 0.3 is 5.97 Å². The number of halogens is 1. The van der Waals surface area contributed by atoms with E-state index in [2.05, 4.69) is 5.92 Å². The molecule has 0 atom stereocenters. The molecular weight excluding hydrogens is 199 g/mol. The Hall–Kier alpha value is -2.28. The van der Waals surface area contributed by atoms with Crippen molar-refractivity contribution in [2.24, 2.45) is 0 Å². The highest BCUT2D eigenvalue weighted by Gasteiger charge is 2.05. The van der Waals surface area contributed by atoms with Gasteiger partial charge in [0.15, 0.2) is 17.2 Å². The number of hydrogen-bond donors (Lipinski definition) is 1. The van der Waals surface area contributed by atoms with Gasteiger partial charge < -0.3 is 9.52 Å². The van der Waals surface area contributed by atoms with Crippen LogP contribution in [0.25, 0.3) is 11.0 Å². The molecular formula is C11H5FO3. The lowest BCUT2D eigenvalue weighted by molar-refractivity contribution is -0.130. The number of fused-ring (bicyclic) bond motifs is 1. The van der Waals surface area contributed by atoms with Crippen LogP contribution in [-0.4, -0.2) is 11.1 Å². The lowest BCUT2D eigenvalue weighted by Crippen LogP contribution is -1.86. The van der Waals surface area contributed by atoms with Crippen LogP contribution in [0.3, 0.4) is 0 Å². The smallest absolute Gasteiger partial charge is 0.382 e. The molecule has 15 heavy (non-hydrogen) atoms. The summed E-state index contributed by atoms with van der Waals surface area (Å²) in [5.41, 5.74) is 0.0900. The number of carboxylic acids is 1. The maximum absolute atomic E-state index is 13.1. The standard InChI is InChI=1S/C11H5FO3/c12-9-3-1-2-7-6-8(15-11(7)9)4-5-10(13)14/h1-3,6H,(H,13,14). The van der Waals surface area contributed by atoms with Gasteiger partial charge in [0.1, 0.15) is 0 Å². The van der Waals surface area contributed by atoms with Crippen molar-refractivity contribution in [1.29, 1.82) is 0 Å². The van der Waals surface area contributed by atoms with Crippen LogP contribution in [0.2, 0.25) is 0 Å². The molecule has 0 aliphatic carbocycles. The average molecular weight is 204 g/mol. The van der Waals surface area contributed by atoms with Crippen LogP contribution >= 0.6 is 0 Å². The predicted octanol–water partition coefficient (Wildman–Crippen LogP) is 2.01. The summed E-state index contributed by atoms with van der Waals surface area (Å²) in [6.07, 6.45) is 0. The third-order valence-electron chi connectivity index (χ3n) is 1.79. The van der Waals surface area contributed by atoms with Crippen molar-refractivity contribution in [3.05, 3.63) is 35.8 Å². The molecule has 1 aromatic carbocycles. The van der Waals surface area contributed by atoms with Gasteiger partial charge in [-0.05, 0) is 12.0 Å². The molecule has 1 heterocycles. The zero-order valence-corrected chi connectivity index (χ0v) is 7.45. The van der Waals surface area contributed by atoms with Crippen LogP contribution < -0.4 is 0 Å². The molecule has 4 heteroatoms. The second-order valence-corrected chi connectivity index (χ2v) is 2.82. The van der Waals surface area contributed by atoms with E-state index < -0.39 is 11.8 Å². The van der Waals surface area contributed by atoms with Crippen LogP contribution in [0, 0.1) is 17.7 Å². The maximum Gasteiger partial charge on any atom is 0.382 e. The number of hydrogen-bond acceptors (Lipinski definition) is 2. The fourth-order valence-electron chi connectivity index (χ4n) is 1.20. The minimum atomic E-state index is -1.25. The van der Waals surface area contributed by atoms with Gasteiger partial charge in [0, 0.05) is 17.4 Å². The molecule has 74 valence electrons. The van der Waals surface area contributed by atoms with Gasteiger partial charge in [-0.1, -0.05) is 12.1 Å². The van der Waals surface area contributed by atoms with Crippen LogP contribution in [0.15, 0.2) is 28.7 Å². The van der Waals surface area contributed by atoms with Crippen molar-refractivity contribution in [1.82, 2.24) is 0 Å². The third kappa shape index (κ3) is 1.81. The van der Waals surface area contributed by atoms with E-state index in [1.165, 1.54) is 12.1 Å². The normalized spacial score (nSPS) is 9.67. The highest BCUT2D eigenvalue weighted by Crippen LogP contribution is 2.21. The Morgan fingerprint density at radius 2 is 2.27 bits per heavy atom. The lowest BCUT2D eigenvalue weighted by Gasteiger charge is -1.87. The molecule has 2 aromatic rings. The zero-order valence-electron chi connectivity index (χ0n) is 7.45. The van der Waals surface area contributed by atoms with E-state index in [1.807, 2.05) is 5.92 Å². The molecule has 1 aromatic heterocycles. The van der Waals surface area contributed by atoms with E-state index in [0.717, 1.165) is 0 Å².